The fourth-order valence-electron chi connectivity index (χ4n) is 1.45. The number of methoxy groups -OCH3 is 1. The number of ether oxygens (including phenoxy) is 1. The van der Waals surface area contributed by atoms with Gasteiger partial charge in [0.2, 0.25) is 10.0 Å². The summed E-state index contributed by atoms with van der Waals surface area (Å²) >= 11 is 0. The van der Waals surface area contributed by atoms with E-state index in [0.29, 0.717) is 6.61 Å². The van der Waals surface area contributed by atoms with Gasteiger partial charge in [-0.2, -0.15) is 0 Å². The summed E-state index contributed by atoms with van der Waals surface area (Å²) in [5.41, 5.74) is 0. The van der Waals surface area contributed by atoms with E-state index in [1.54, 1.807) is 6.92 Å². The average Bonchev–Trinajstić information content (AvgIpc) is 2.60. The van der Waals surface area contributed by atoms with Gasteiger partial charge in [0.15, 0.2) is 5.76 Å². The van der Waals surface area contributed by atoms with Crippen LogP contribution in [0.15, 0.2) is 15.4 Å². The second kappa shape index (κ2) is 5.51. The number of rotatable bonds is 5. The molecule has 0 aliphatic rings. The number of amides is 1. The third kappa shape index (κ3) is 3.56. The van der Waals surface area contributed by atoms with Crippen molar-refractivity contribution in [2.24, 2.45) is 5.14 Å². The summed E-state index contributed by atoms with van der Waals surface area (Å²) in [6.45, 7) is 3.51. The van der Waals surface area contributed by atoms with Crippen LogP contribution >= 0.6 is 0 Å². The lowest BCUT2D eigenvalue weighted by Crippen LogP contribution is -2.35. The SMILES string of the molecule is COCC(C)NC(=O)c1cc(S(N)(=O)=O)c(C)o1. The Kier molecular flexibility index (Phi) is 4.49. The quantitative estimate of drug-likeness (QED) is 0.786. The van der Waals surface area contributed by atoms with Crippen LogP contribution in [0.4, 0.5) is 0 Å². The van der Waals surface area contributed by atoms with Gasteiger partial charge in [-0.25, -0.2) is 13.6 Å². The van der Waals surface area contributed by atoms with Crippen LogP contribution in [0, 0.1) is 6.92 Å². The second-order valence-corrected chi connectivity index (χ2v) is 5.44. The maximum absolute atomic E-state index is 11.7. The van der Waals surface area contributed by atoms with Gasteiger partial charge in [0.25, 0.3) is 5.91 Å². The summed E-state index contributed by atoms with van der Waals surface area (Å²) in [6.07, 6.45) is 0. The first-order valence-corrected chi connectivity index (χ1v) is 6.73. The molecule has 3 N–H and O–H groups in total. The van der Waals surface area contributed by atoms with Gasteiger partial charge in [-0.3, -0.25) is 4.79 Å². The molecule has 7 nitrogen and oxygen atoms in total. The van der Waals surface area contributed by atoms with E-state index in [0.717, 1.165) is 6.07 Å². The standard InChI is InChI=1S/C10H16N2O5S/c1-6(5-16-3)12-10(13)8-4-9(7(2)17-8)18(11,14)15/h4,6H,5H2,1-3H3,(H,12,13)(H2,11,14,15). The van der Waals surface area contributed by atoms with Crippen LogP contribution in [0.2, 0.25) is 0 Å². The van der Waals surface area contributed by atoms with Crippen LogP contribution in [0.5, 0.6) is 0 Å². The minimum absolute atomic E-state index is 0.0852. The van der Waals surface area contributed by atoms with Gasteiger partial charge in [0.05, 0.1) is 6.61 Å². The van der Waals surface area contributed by atoms with Crippen molar-refractivity contribution in [2.75, 3.05) is 13.7 Å². The summed E-state index contributed by atoms with van der Waals surface area (Å²) in [4.78, 5) is 11.5. The van der Waals surface area contributed by atoms with Crippen LogP contribution in [0.3, 0.4) is 0 Å². The van der Waals surface area contributed by atoms with Crippen LogP contribution in [-0.4, -0.2) is 34.1 Å². The van der Waals surface area contributed by atoms with Gasteiger partial charge in [-0.05, 0) is 13.8 Å². The summed E-state index contributed by atoms with van der Waals surface area (Å²) in [5, 5.41) is 7.58. The van der Waals surface area contributed by atoms with Crippen molar-refractivity contribution in [3.63, 3.8) is 0 Å². The number of furan rings is 1. The van der Waals surface area contributed by atoms with Crippen LogP contribution in [0.25, 0.3) is 0 Å². The lowest BCUT2D eigenvalue weighted by Gasteiger charge is -2.10. The van der Waals surface area contributed by atoms with E-state index in [-0.39, 0.29) is 22.5 Å². The molecule has 0 bridgehead atoms. The molecule has 1 rings (SSSR count). The van der Waals surface area contributed by atoms with Crippen molar-refractivity contribution in [1.29, 1.82) is 0 Å². The molecule has 1 atom stereocenters. The molecule has 0 saturated carbocycles. The zero-order valence-electron chi connectivity index (χ0n) is 10.4. The van der Waals surface area contributed by atoms with E-state index >= 15 is 0 Å². The predicted octanol–water partition coefficient (Wildman–Crippen LogP) is 0.000120. The number of sulfonamides is 1. The molecule has 1 heterocycles. The molecule has 0 fully saturated rings. The van der Waals surface area contributed by atoms with Crippen LogP contribution in [-0.2, 0) is 14.8 Å². The first-order chi connectivity index (χ1) is 8.25. The van der Waals surface area contributed by atoms with Crippen LogP contribution in [0.1, 0.15) is 23.2 Å². The van der Waals surface area contributed by atoms with E-state index < -0.39 is 15.9 Å². The lowest BCUT2D eigenvalue weighted by atomic mass is 10.3. The first kappa shape index (κ1) is 14.7. The molecule has 0 radical (unpaired) electrons. The molecule has 1 aromatic rings. The normalized spacial score (nSPS) is 13.3. The molecule has 102 valence electrons. The Bertz CT molecular complexity index is 534. The largest absolute Gasteiger partial charge is 0.455 e. The Morgan fingerprint density at radius 3 is 2.67 bits per heavy atom. The van der Waals surface area contributed by atoms with Gasteiger partial charge in [-0.15, -0.1) is 0 Å². The van der Waals surface area contributed by atoms with Gasteiger partial charge >= 0.3 is 0 Å². The number of nitrogens with two attached hydrogens (primary N) is 1. The topological polar surface area (TPSA) is 112 Å². The molecule has 1 amide bonds. The van der Waals surface area contributed by atoms with Crippen molar-refractivity contribution in [3.8, 4) is 0 Å². The van der Waals surface area contributed by atoms with E-state index in [2.05, 4.69) is 5.32 Å². The van der Waals surface area contributed by atoms with E-state index in [1.807, 2.05) is 0 Å². The summed E-state index contributed by atoms with van der Waals surface area (Å²) in [5.74, 6) is -0.529. The van der Waals surface area contributed by atoms with E-state index in [4.69, 9.17) is 14.3 Å². The summed E-state index contributed by atoms with van der Waals surface area (Å²) in [7, 11) is -2.37. The highest BCUT2D eigenvalue weighted by Crippen LogP contribution is 2.18. The third-order valence-corrected chi connectivity index (χ3v) is 3.22. The molecular weight excluding hydrogens is 260 g/mol. The fourth-order valence-corrected chi connectivity index (χ4v) is 2.16. The monoisotopic (exact) mass is 276 g/mol. The Morgan fingerprint density at radius 2 is 2.22 bits per heavy atom. The molecule has 18 heavy (non-hydrogen) atoms. The number of primary sulfonamides is 1. The predicted molar refractivity (Wildman–Crippen MR) is 63.6 cm³/mol. The van der Waals surface area contributed by atoms with Crippen LogP contribution < -0.4 is 10.5 Å². The number of carbonyl (C=O) groups excluding carboxylic acids is 1. The van der Waals surface area contributed by atoms with E-state index in [1.165, 1.54) is 14.0 Å². The minimum Gasteiger partial charge on any atom is -0.455 e. The molecule has 0 aliphatic carbocycles. The first-order valence-electron chi connectivity index (χ1n) is 5.18. The molecular formula is C10H16N2O5S. The molecule has 0 spiro atoms. The van der Waals surface area contributed by atoms with Crippen molar-refractivity contribution in [1.82, 2.24) is 5.32 Å². The highest BCUT2D eigenvalue weighted by Gasteiger charge is 2.21. The average molecular weight is 276 g/mol. The van der Waals surface area contributed by atoms with Crippen molar-refractivity contribution >= 4 is 15.9 Å². The Balaban J connectivity index is 2.89. The van der Waals surface area contributed by atoms with Gasteiger partial charge < -0.3 is 14.5 Å². The zero-order valence-corrected chi connectivity index (χ0v) is 11.2. The number of carbonyl (C=O) groups is 1. The molecule has 0 aliphatic heterocycles. The number of hydrogen-bond donors (Lipinski definition) is 2. The second-order valence-electron chi connectivity index (χ2n) is 3.91. The maximum atomic E-state index is 11.7. The Morgan fingerprint density at radius 1 is 1.61 bits per heavy atom. The fraction of sp³-hybridized carbons (Fsp3) is 0.500. The van der Waals surface area contributed by atoms with Crippen molar-refractivity contribution < 1.29 is 22.4 Å². The van der Waals surface area contributed by atoms with Gasteiger partial charge in [-0.1, -0.05) is 0 Å². The number of nitrogens with one attached hydrogen (secondary N) is 1. The molecule has 1 unspecified atom stereocenters. The Hall–Kier alpha value is -1.38. The maximum Gasteiger partial charge on any atom is 0.287 e. The Labute approximate surface area is 105 Å². The minimum atomic E-state index is -3.88. The summed E-state index contributed by atoms with van der Waals surface area (Å²) < 4.78 is 32.3. The lowest BCUT2D eigenvalue weighted by molar-refractivity contribution is 0.0876. The smallest absolute Gasteiger partial charge is 0.287 e. The van der Waals surface area contributed by atoms with Gasteiger partial charge in [0, 0.05) is 19.2 Å². The molecule has 1 aromatic heterocycles. The molecule has 0 aromatic carbocycles. The van der Waals surface area contributed by atoms with E-state index in [9.17, 15) is 13.2 Å². The zero-order chi connectivity index (χ0) is 13.9. The van der Waals surface area contributed by atoms with Gasteiger partial charge in [0.1, 0.15) is 10.7 Å². The highest BCUT2D eigenvalue weighted by atomic mass is 32.2. The molecule has 8 heteroatoms. The van der Waals surface area contributed by atoms with Crippen molar-refractivity contribution in [3.05, 3.63) is 17.6 Å². The third-order valence-electron chi connectivity index (χ3n) is 2.20. The molecule has 0 saturated heterocycles. The number of aryl methyl sites for hydroxylation is 1. The van der Waals surface area contributed by atoms with Crippen molar-refractivity contribution in [2.45, 2.75) is 24.8 Å². The highest BCUT2D eigenvalue weighted by molar-refractivity contribution is 7.89. The summed E-state index contributed by atoms with van der Waals surface area (Å²) in [6, 6.07) is 0.894. The number of hydrogen-bond acceptors (Lipinski definition) is 5.